The predicted molar refractivity (Wildman–Crippen MR) is 60.6 cm³/mol. The molecule has 2 fully saturated rings. The summed E-state index contributed by atoms with van der Waals surface area (Å²) in [6, 6.07) is 0.935. The molecule has 0 aromatic carbocycles. The van der Waals surface area contributed by atoms with E-state index in [1.165, 1.54) is 6.42 Å². The van der Waals surface area contributed by atoms with Crippen molar-refractivity contribution in [3.05, 3.63) is 0 Å². The minimum absolute atomic E-state index is 0.0475. The Morgan fingerprint density at radius 3 is 2.73 bits per heavy atom. The molecule has 1 saturated carbocycles. The van der Waals surface area contributed by atoms with Crippen LogP contribution in [-0.2, 0) is 4.79 Å². The smallest absolute Gasteiger partial charge is 0.226 e. The van der Waals surface area contributed by atoms with Gasteiger partial charge in [-0.05, 0) is 39.2 Å². The van der Waals surface area contributed by atoms with Crippen LogP contribution in [0.3, 0.4) is 0 Å². The lowest BCUT2D eigenvalue weighted by molar-refractivity contribution is -0.135. The molecule has 0 aromatic heterocycles. The molecule has 2 atom stereocenters. The Kier molecular flexibility index (Phi) is 3.01. The molecule has 2 rings (SSSR count). The Bertz CT molecular complexity index is 248. The maximum Gasteiger partial charge on any atom is 0.226 e. The van der Waals surface area contributed by atoms with Gasteiger partial charge in [0.1, 0.15) is 0 Å². The molecule has 2 unspecified atom stereocenters. The molecule has 3 heteroatoms. The Labute approximate surface area is 92.0 Å². The second kappa shape index (κ2) is 4.12. The van der Waals surface area contributed by atoms with Crippen LogP contribution in [0.15, 0.2) is 0 Å². The van der Waals surface area contributed by atoms with Crippen LogP contribution in [0.4, 0.5) is 0 Å². The van der Waals surface area contributed by atoms with Gasteiger partial charge in [0.05, 0.1) is 0 Å². The van der Waals surface area contributed by atoms with E-state index in [0.717, 1.165) is 32.2 Å². The van der Waals surface area contributed by atoms with Crippen molar-refractivity contribution in [3.63, 3.8) is 0 Å². The maximum atomic E-state index is 12.0. The van der Waals surface area contributed by atoms with E-state index in [2.05, 4.69) is 24.5 Å². The Morgan fingerprint density at radius 1 is 1.47 bits per heavy atom. The highest BCUT2D eigenvalue weighted by molar-refractivity contribution is 5.83. The summed E-state index contributed by atoms with van der Waals surface area (Å²) in [6.07, 6.45) is 5.50. The Morgan fingerprint density at radius 2 is 2.20 bits per heavy atom. The van der Waals surface area contributed by atoms with Crippen LogP contribution in [-0.4, -0.2) is 24.5 Å². The Balaban J connectivity index is 1.83. The van der Waals surface area contributed by atoms with Crippen LogP contribution >= 0.6 is 0 Å². The Hall–Kier alpha value is -0.570. The summed E-state index contributed by atoms with van der Waals surface area (Å²) in [7, 11) is 0. The number of rotatable bonds is 2. The highest BCUT2D eigenvalue weighted by Crippen LogP contribution is 2.40. The van der Waals surface area contributed by atoms with Crippen LogP contribution in [0.1, 0.15) is 46.0 Å². The number of hydrogen-bond acceptors (Lipinski definition) is 2. The molecular weight excluding hydrogens is 188 g/mol. The van der Waals surface area contributed by atoms with Gasteiger partial charge in [-0.25, -0.2) is 0 Å². The highest BCUT2D eigenvalue weighted by atomic mass is 16.2. The fourth-order valence-corrected chi connectivity index (χ4v) is 2.56. The molecule has 86 valence electrons. The van der Waals surface area contributed by atoms with E-state index in [9.17, 15) is 4.79 Å². The van der Waals surface area contributed by atoms with Gasteiger partial charge in [0.2, 0.25) is 5.91 Å². The largest absolute Gasteiger partial charge is 0.353 e. The van der Waals surface area contributed by atoms with Crippen LogP contribution in [0.2, 0.25) is 0 Å². The average Bonchev–Trinajstić information content (AvgIpc) is 2.14. The second-order valence-corrected chi connectivity index (χ2v) is 5.46. The van der Waals surface area contributed by atoms with Crippen molar-refractivity contribution in [3.8, 4) is 0 Å². The van der Waals surface area contributed by atoms with E-state index in [1.54, 1.807) is 0 Å². The van der Waals surface area contributed by atoms with Gasteiger partial charge in [0.25, 0.3) is 0 Å². The van der Waals surface area contributed by atoms with Crippen molar-refractivity contribution in [1.82, 2.24) is 10.6 Å². The van der Waals surface area contributed by atoms with Crippen LogP contribution in [0.5, 0.6) is 0 Å². The molecule has 0 radical (unpaired) electrons. The monoisotopic (exact) mass is 210 g/mol. The number of amides is 1. The van der Waals surface area contributed by atoms with Crippen molar-refractivity contribution < 1.29 is 4.79 Å². The van der Waals surface area contributed by atoms with E-state index < -0.39 is 0 Å². The molecule has 1 amide bonds. The number of carbonyl (C=O) groups excluding carboxylic acids is 1. The first-order valence-electron chi connectivity index (χ1n) is 6.14. The van der Waals surface area contributed by atoms with Gasteiger partial charge in [0.15, 0.2) is 0 Å². The van der Waals surface area contributed by atoms with Crippen LogP contribution in [0.25, 0.3) is 0 Å². The summed E-state index contributed by atoms with van der Waals surface area (Å²) in [5.41, 5.74) is -0.0475. The molecule has 0 aromatic rings. The third-order valence-electron chi connectivity index (χ3n) is 3.96. The molecular formula is C12H22N2O. The molecule has 0 spiro atoms. The molecule has 15 heavy (non-hydrogen) atoms. The molecule has 1 aliphatic heterocycles. The van der Waals surface area contributed by atoms with Gasteiger partial charge < -0.3 is 10.6 Å². The number of carbonyl (C=O) groups is 1. The first-order chi connectivity index (χ1) is 7.10. The van der Waals surface area contributed by atoms with E-state index in [-0.39, 0.29) is 11.3 Å². The molecule has 1 aliphatic carbocycles. The topological polar surface area (TPSA) is 41.1 Å². The maximum absolute atomic E-state index is 12.0. The lowest BCUT2D eigenvalue weighted by Gasteiger charge is -2.39. The van der Waals surface area contributed by atoms with Gasteiger partial charge in [-0.1, -0.05) is 13.3 Å². The lowest BCUT2D eigenvalue weighted by Crippen LogP contribution is -2.51. The predicted octanol–water partition coefficient (Wildman–Crippen LogP) is 1.43. The second-order valence-electron chi connectivity index (χ2n) is 5.46. The summed E-state index contributed by atoms with van der Waals surface area (Å²) in [5.74, 6) is 0.285. The number of nitrogens with one attached hydrogen (secondary N) is 2. The molecule has 2 aliphatic rings. The molecule has 0 bridgehead atoms. The quantitative estimate of drug-likeness (QED) is 0.724. The third-order valence-corrected chi connectivity index (χ3v) is 3.96. The fourth-order valence-electron chi connectivity index (χ4n) is 2.56. The summed E-state index contributed by atoms with van der Waals surface area (Å²) >= 11 is 0. The van der Waals surface area contributed by atoms with E-state index >= 15 is 0 Å². The minimum atomic E-state index is -0.0475. The number of piperidine rings is 1. The SMILES string of the molecule is CC1CC(NC(=O)C2(C)CCC2)CCN1. The van der Waals surface area contributed by atoms with Gasteiger partial charge in [-0.2, -0.15) is 0 Å². The first-order valence-corrected chi connectivity index (χ1v) is 6.14. The molecule has 1 saturated heterocycles. The van der Waals surface area contributed by atoms with Crippen molar-refractivity contribution in [2.75, 3.05) is 6.54 Å². The fraction of sp³-hybridized carbons (Fsp3) is 0.917. The van der Waals surface area contributed by atoms with Gasteiger partial charge in [0, 0.05) is 17.5 Å². The van der Waals surface area contributed by atoms with Crippen LogP contribution in [0, 0.1) is 5.41 Å². The minimum Gasteiger partial charge on any atom is -0.353 e. The number of hydrogen-bond donors (Lipinski definition) is 2. The van der Waals surface area contributed by atoms with Crippen molar-refractivity contribution in [2.45, 2.75) is 58.0 Å². The summed E-state index contributed by atoms with van der Waals surface area (Å²) in [6.45, 7) is 5.31. The zero-order valence-electron chi connectivity index (χ0n) is 9.81. The van der Waals surface area contributed by atoms with Gasteiger partial charge >= 0.3 is 0 Å². The molecule has 3 nitrogen and oxygen atoms in total. The van der Waals surface area contributed by atoms with Crippen molar-refractivity contribution in [2.24, 2.45) is 5.41 Å². The van der Waals surface area contributed by atoms with Crippen molar-refractivity contribution >= 4 is 5.91 Å². The summed E-state index contributed by atoms with van der Waals surface area (Å²) in [5, 5.41) is 6.61. The average molecular weight is 210 g/mol. The van der Waals surface area contributed by atoms with Crippen molar-refractivity contribution in [1.29, 1.82) is 0 Å². The lowest BCUT2D eigenvalue weighted by atomic mass is 9.69. The zero-order valence-corrected chi connectivity index (χ0v) is 9.81. The van der Waals surface area contributed by atoms with E-state index in [1.807, 2.05) is 0 Å². The molecule has 1 heterocycles. The standard InChI is InChI=1S/C12H22N2O/c1-9-8-10(4-7-13-9)14-11(15)12(2)5-3-6-12/h9-10,13H,3-8H2,1-2H3,(H,14,15). The van der Waals surface area contributed by atoms with E-state index in [4.69, 9.17) is 0 Å². The van der Waals surface area contributed by atoms with E-state index in [0.29, 0.717) is 12.1 Å². The third kappa shape index (κ3) is 2.33. The highest BCUT2D eigenvalue weighted by Gasteiger charge is 2.40. The van der Waals surface area contributed by atoms with Crippen LogP contribution < -0.4 is 10.6 Å². The molecule has 2 N–H and O–H groups in total. The van der Waals surface area contributed by atoms with Gasteiger partial charge in [-0.3, -0.25) is 4.79 Å². The normalized spacial score (nSPS) is 34.3. The zero-order chi connectivity index (χ0) is 10.9. The van der Waals surface area contributed by atoms with Gasteiger partial charge in [-0.15, -0.1) is 0 Å². The summed E-state index contributed by atoms with van der Waals surface area (Å²) < 4.78 is 0. The first kappa shape index (κ1) is 10.9. The summed E-state index contributed by atoms with van der Waals surface area (Å²) in [4.78, 5) is 12.0.